The van der Waals surface area contributed by atoms with Crippen molar-refractivity contribution in [3.8, 4) is 11.5 Å². The number of nitrogens with one attached hydrogen (secondary N) is 1. The molecule has 86 valence electrons. The summed E-state index contributed by atoms with van der Waals surface area (Å²) in [4.78, 5) is 21.1. The van der Waals surface area contributed by atoms with Crippen molar-refractivity contribution in [1.82, 2.24) is 5.32 Å². The van der Waals surface area contributed by atoms with E-state index >= 15 is 0 Å². The molecular formula is C10H11NO5. The van der Waals surface area contributed by atoms with Crippen molar-refractivity contribution >= 4 is 12.4 Å². The third-order valence-corrected chi connectivity index (χ3v) is 2.02. The molecule has 1 atom stereocenters. The van der Waals surface area contributed by atoms with E-state index in [0.717, 1.165) is 0 Å². The van der Waals surface area contributed by atoms with Crippen LogP contribution in [0.3, 0.4) is 0 Å². The molecule has 0 aliphatic rings. The molecule has 1 unspecified atom stereocenters. The molecule has 0 saturated heterocycles. The van der Waals surface area contributed by atoms with Gasteiger partial charge in [0.05, 0.1) is 7.11 Å². The van der Waals surface area contributed by atoms with E-state index in [9.17, 15) is 14.7 Å². The standard InChI is InChI=1S/C10H11NO5/c1-16-8-3-2-6(4-7(8)13)9(10(14)15)11-5-12/h2-5,9,13H,1H3,(H,11,12)(H,14,15). The smallest absolute Gasteiger partial charge is 0.330 e. The minimum Gasteiger partial charge on any atom is -0.504 e. The number of aliphatic carboxylic acids is 1. The molecule has 0 spiro atoms. The summed E-state index contributed by atoms with van der Waals surface area (Å²) in [6.45, 7) is 0. The van der Waals surface area contributed by atoms with Crippen molar-refractivity contribution in [3.05, 3.63) is 23.8 Å². The molecule has 0 saturated carbocycles. The number of carbonyl (C=O) groups excluding carboxylic acids is 1. The van der Waals surface area contributed by atoms with Gasteiger partial charge in [0.2, 0.25) is 6.41 Å². The van der Waals surface area contributed by atoms with Crippen molar-refractivity contribution < 1.29 is 24.5 Å². The number of aromatic hydroxyl groups is 1. The van der Waals surface area contributed by atoms with Crippen LogP contribution < -0.4 is 10.1 Å². The molecule has 0 bridgehead atoms. The minimum atomic E-state index is -1.21. The summed E-state index contributed by atoms with van der Waals surface area (Å²) in [6, 6.07) is 2.92. The molecule has 1 amide bonds. The van der Waals surface area contributed by atoms with Crippen molar-refractivity contribution in [2.75, 3.05) is 7.11 Å². The third-order valence-electron chi connectivity index (χ3n) is 2.02. The van der Waals surface area contributed by atoms with Gasteiger partial charge in [0, 0.05) is 0 Å². The van der Waals surface area contributed by atoms with Crippen LogP contribution in [0.25, 0.3) is 0 Å². The van der Waals surface area contributed by atoms with Gasteiger partial charge in [0.1, 0.15) is 0 Å². The lowest BCUT2D eigenvalue weighted by Gasteiger charge is -2.12. The number of rotatable bonds is 5. The summed E-state index contributed by atoms with van der Waals surface area (Å²) in [6.07, 6.45) is 0.292. The molecule has 0 aliphatic carbocycles. The number of phenolic OH excluding ortho intramolecular Hbond substituents is 1. The molecule has 0 radical (unpaired) electrons. The number of ether oxygens (including phenoxy) is 1. The van der Waals surface area contributed by atoms with Crippen LogP contribution in [0.15, 0.2) is 18.2 Å². The monoisotopic (exact) mass is 225 g/mol. The first kappa shape index (κ1) is 11.8. The van der Waals surface area contributed by atoms with Gasteiger partial charge < -0.3 is 20.3 Å². The summed E-state index contributed by atoms with van der Waals surface area (Å²) in [5, 5.41) is 20.4. The van der Waals surface area contributed by atoms with Gasteiger partial charge in [-0.15, -0.1) is 0 Å². The molecule has 1 aromatic carbocycles. The molecule has 0 heterocycles. The first-order chi connectivity index (χ1) is 7.60. The highest BCUT2D eigenvalue weighted by Gasteiger charge is 2.19. The Bertz CT molecular complexity index is 404. The van der Waals surface area contributed by atoms with Crippen LogP contribution in [0.4, 0.5) is 0 Å². The molecule has 0 fully saturated rings. The van der Waals surface area contributed by atoms with Crippen molar-refractivity contribution in [3.63, 3.8) is 0 Å². The Morgan fingerprint density at radius 3 is 2.69 bits per heavy atom. The van der Waals surface area contributed by atoms with Crippen molar-refractivity contribution in [2.24, 2.45) is 0 Å². The highest BCUT2D eigenvalue weighted by Crippen LogP contribution is 2.28. The average Bonchev–Trinajstić information content (AvgIpc) is 2.25. The number of carboxylic acid groups (broad SMARTS) is 1. The Labute approximate surface area is 91.5 Å². The van der Waals surface area contributed by atoms with Gasteiger partial charge in [0.15, 0.2) is 17.5 Å². The number of carboxylic acids is 1. The maximum atomic E-state index is 10.8. The van der Waals surface area contributed by atoms with Gasteiger partial charge in [-0.1, -0.05) is 6.07 Å². The van der Waals surface area contributed by atoms with E-state index in [1.54, 1.807) is 0 Å². The van der Waals surface area contributed by atoms with Crippen molar-refractivity contribution in [1.29, 1.82) is 0 Å². The SMILES string of the molecule is COc1ccc(C(NC=O)C(=O)O)cc1O. The molecule has 1 rings (SSSR count). The molecular weight excluding hydrogens is 214 g/mol. The van der Waals surface area contributed by atoms with E-state index in [4.69, 9.17) is 9.84 Å². The number of amides is 1. The maximum absolute atomic E-state index is 10.8. The lowest BCUT2D eigenvalue weighted by Crippen LogP contribution is -2.27. The van der Waals surface area contributed by atoms with Crippen LogP contribution >= 0.6 is 0 Å². The fourth-order valence-electron chi connectivity index (χ4n) is 1.26. The second-order valence-corrected chi connectivity index (χ2v) is 2.99. The Balaban J connectivity index is 3.06. The van der Waals surface area contributed by atoms with Crippen LogP contribution in [-0.4, -0.2) is 29.7 Å². The van der Waals surface area contributed by atoms with Crippen LogP contribution in [0, 0.1) is 0 Å². The van der Waals surface area contributed by atoms with E-state index in [1.807, 2.05) is 0 Å². The molecule has 16 heavy (non-hydrogen) atoms. The van der Waals surface area contributed by atoms with Crippen LogP contribution in [0.5, 0.6) is 11.5 Å². The topological polar surface area (TPSA) is 95.9 Å². The Hall–Kier alpha value is -2.24. The van der Waals surface area contributed by atoms with E-state index in [-0.39, 0.29) is 17.1 Å². The van der Waals surface area contributed by atoms with Gasteiger partial charge in [-0.25, -0.2) is 4.79 Å². The quantitative estimate of drug-likeness (QED) is 0.625. The fourth-order valence-corrected chi connectivity index (χ4v) is 1.26. The number of hydrogen-bond donors (Lipinski definition) is 3. The number of methoxy groups -OCH3 is 1. The lowest BCUT2D eigenvalue weighted by atomic mass is 10.1. The Kier molecular flexibility index (Phi) is 3.71. The van der Waals surface area contributed by atoms with Crippen LogP contribution in [-0.2, 0) is 9.59 Å². The summed E-state index contributed by atoms with van der Waals surface area (Å²) < 4.78 is 4.81. The van der Waals surface area contributed by atoms with E-state index in [2.05, 4.69) is 5.32 Å². The molecule has 0 aromatic heterocycles. The first-order valence-corrected chi connectivity index (χ1v) is 4.39. The van der Waals surface area contributed by atoms with Gasteiger partial charge in [-0.05, 0) is 17.7 Å². The van der Waals surface area contributed by atoms with Gasteiger partial charge >= 0.3 is 5.97 Å². The third kappa shape index (κ3) is 2.41. The number of benzene rings is 1. The summed E-state index contributed by atoms with van der Waals surface area (Å²) in [5.41, 5.74) is 0.262. The highest BCUT2D eigenvalue weighted by atomic mass is 16.5. The summed E-state index contributed by atoms with van der Waals surface area (Å²) >= 11 is 0. The predicted molar refractivity (Wildman–Crippen MR) is 54.2 cm³/mol. The summed E-state index contributed by atoms with van der Waals surface area (Å²) in [5.74, 6) is -1.16. The average molecular weight is 225 g/mol. The molecule has 0 aliphatic heterocycles. The summed E-state index contributed by atoms with van der Waals surface area (Å²) in [7, 11) is 1.38. The fraction of sp³-hybridized carbons (Fsp3) is 0.200. The van der Waals surface area contributed by atoms with Crippen LogP contribution in [0.2, 0.25) is 0 Å². The zero-order valence-corrected chi connectivity index (χ0v) is 8.51. The molecule has 3 N–H and O–H groups in total. The first-order valence-electron chi connectivity index (χ1n) is 4.39. The number of phenols is 1. The predicted octanol–water partition coefficient (Wildman–Crippen LogP) is 0.272. The van der Waals surface area contributed by atoms with Crippen molar-refractivity contribution in [2.45, 2.75) is 6.04 Å². The van der Waals surface area contributed by atoms with Gasteiger partial charge in [0.25, 0.3) is 0 Å². The maximum Gasteiger partial charge on any atom is 0.330 e. The lowest BCUT2D eigenvalue weighted by molar-refractivity contribution is -0.140. The van der Waals surface area contributed by atoms with E-state index in [1.165, 1.54) is 25.3 Å². The second kappa shape index (κ2) is 5.01. The zero-order valence-electron chi connectivity index (χ0n) is 8.51. The van der Waals surface area contributed by atoms with Gasteiger partial charge in [-0.2, -0.15) is 0 Å². The second-order valence-electron chi connectivity index (χ2n) is 2.99. The van der Waals surface area contributed by atoms with E-state index in [0.29, 0.717) is 6.41 Å². The zero-order chi connectivity index (χ0) is 12.1. The van der Waals surface area contributed by atoms with E-state index < -0.39 is 12.0 Å². The van der Waals surface area contributed by atoms with Gasteiger partial charge in [-0.3, -0.25) is 4.79 Å². The normalized spacial score (nSPS) is 11.6. The molecule has 1 aromatic rings. The molecule has 6 heteroatoms. The number of carbonyl (C=O) groups is 2. The Morgan fingerprint density at radius 1 is 1.56 bits per heavy atom. The highest BCUT2D eigenvalue weighted by molar-refractivity contribution is 5.78. The largest absolute Gasteiger partial charge is 0.504 e. The molecule has 6 nitrogen and oxygen atoms in total. The Morgan fingerprint density at radius 2 is 2.25 bits per heavy atom. The minimum absolute atomic E-state index is 0.182. The van der Waals surface area contributed by atoms with Crippen LogP contribution in [0.1, 0.15) is 11.6 Å². The number of hydrogen-bond acceptors (Lipinski definition) is 4.